The van der Waals surface area contributed by atoms with Crippen LogP contribution in [0.2, 0.25) is 0 Å². The first kappa shape index (κ1) is 16.8. The van der Waals surface area contributed by atoms with Crippen LogP contribution in [0, 0.1) is 5.92 Å². The number of carbonyl (C=O) groups is 1. The number of quaternary nitrogens is 1. The Balaban J connectivity index is 1.63. The number of hydrogen-bond donors (Lipinski definition) is 2. The summed E-state index contributed by atoms with van der Waals surface area (Å²) in [6.45, 7) is 4.21. The molecule has 4 nitrogen and oxygen atoms in total. The highest BCUT2D eigenvalue weighted by molar-refractivity contribution is 5.77. The van der Waals surface area contributed by atoms with E-state index in [1.807, 2.05) is 37.4 Å². The highest BCUT2D eigenvalue weighted by Gasteiger charge is 2.23. The largest absolute Gasteiger partial charge is 0.488 e. The van der Waals surface area contributed by atoms with Gasteiger partial charge in [-0.2, -0.15) is 0 Å². The first-order valence-electron chi connectivity index (χ1n) is 8.43. The molecule has 1 aromatic rings. The van der Waals surface area contributed by atoms with Crippen LogP contribution in [-0.4, -0.2) is 38.7 Å². The molecule has 4 heteroatoms. The fourth-order valence-electron chi connectivity index (χ4n) is 3.01. The number of amides is 1. The van der Waals surface area contributed by atoms with Crippen molar-refractivity contribution in [3.63, 3.8) is 0 Å². The third-order valence-corrected chi connectivity index (χ3v) is 4.46. The molecule has 1 fully saturated rings. The van der Waals surface area contributed by atoms with E-state index in [9.17, 15) is 4.79 Å². The maximum atomic E-state index is 12.1. The fraction of sp³-hybridized carbons (Fsp3) is 0.611. The highest BCUT2D eigenvalue weighted by Crippen LogP contribution is 2.23. The number of likely N-dealkylation sites (N-methyl/N-ethyl adjacent to an activating group) is 1. The van der Waals surface area contributed by atoms with Crippen molar-refractivity contribution in [2.45, 2.75) is 38.6 Å². The van der Waals surface area contributed by atoms with Crippen molar-refractivity contribution >= 4 is 5.91 Å². The van der Waals surface area contributed by atoms with Crippen LogP contribution in [0.15, 0.2) is 30.3 Å². The molecule has 1 aliphatic rings. The minimum absolute atomic E-state index is 0.163. The SMILES string of the molecule is C[C@H]1CCCC[C@@H]1NC(=O)C[NH+](C)CCOc1ccccc1. The van der Waals surface area contributed by atoms with E-state index in [-0.39, 0.29) is 5.91 Å². The van der Waals surface area contributed by atoms with Gasteiger partial charge >= 0.3 is 0 Å². The summed E-state index contributed by atoms with van der Waals surface area (Å²) in [6.07, 6.45) is 4.90. The number of rotatable bonds is 7. The first-order valence-corrected chi connectivity index (χ1v) is 8.43. The zero-order valence-electron chi connectivity index (χ0n) is 13.8. The van der Waals surface area contributed by atoms with Crippen LogP contribution in [0.1, 0.15) is 32.6 Å². The minimum atomic E-state index is 0.163. The van der Waals surface area contributed by atoms with Crippen molar-refractivity contribution in [3.8, 4) is 5.75 Å². The Morgan fingerprint density at radius 2 is 2.00 bits per heavy atom. The van der Waals surface area contributed by atoms with E-state index in [0.717, 1.165) is 18.7 Å². The molecule has 0 spiro atoms. The van der Waals surface area contributed by atoms with Crippen molar-refractivity contribution in [1.29, 1.82) is 0 Å². The van der Waals surface area contributed by atoms with Crippen molar-refractivity contribution < 1.29 is 14.4 Å². The Morgan fingerprint density at radius 3 is 2.73 bits per heavy atom. The Bertz CT molecular complexity index is 450. The van der Waals surface area contributed by atoms with E-state index < -0.39 is 0 Å². The number of para-hydroxylation sites is 1. The van der Waals surface area contributed by atoms with Crippen molar-refractivity contribution in [2.24, 2.45) is 5.92 Å². The normalized spacial score (nSPS) is 22.8. The molecule has 0 bridgehead atoms. The van der Waals surface area contributed by atoms with Crippen molar-refractivity contribution in [1.82, 2.24) is 5.32 Å². The third-order valence-electron chi connectivity index (χ3n) is 4.46. The molecule has 0 saturated heterocycles. The van der Waals surface area contributed by atoms with Gasteiger partial charge in [-0.1, -0.05) is 38.0 Å². The zero-order chi connectivity index (χ0) is 15.8. The Morgan fingerprint density at radius 1 is 1.27 bits per heavy atom. The number of benzene rings is 1. The molecule has 2 N–H and O–H groups in total. The van der Waals surface area contributed by atoms with Crippen LogP contribution in [0.5, 0.6) is 5.75 Å². The second-order valence-electron chi connectivity index (χ2n) is 6.48. The molecule has 1 aromatic carbocycles. The maximum absolute atomic E-state index is 12.1. The van der Waals surface area contributed by atoms with Crippen molar-refractivity contribution in [2.75, 3.05) is 26.7 Å². The first-order chi connectivity index (χ1) is 10.6. The maximum Gasteiger partial charge on any atom is 0.275 e. The van der Waals surface area contributed by atoms with Crippen LogP contribution >= 0.6 is 0 Å². The molecule has 2 rings (SSSR count). The van der Waals surface area contributed by atoms with E-state index in [4.69, 9.17) is 4.74 Å². The topological polar surface area (TPSA) is 42.8 Å². The summed E-state index contributed by atoms with van der Waals surface area (Å²) >= 11 is 0. The van der Waals surface area contributed by atoms with Gasteiger partial charge in [-0.25, -0.2) is 0 Å². The lowest BCUT2D eigenvalue weighted by Crippen LogP contribution is -3.10. The van der Waals surface area contributed by atoms with Gasteiger partial charge in [0.1, 0.15) is 18.9 Å². The van der Waals surface area contributed by atoms with E-state index >= 15 is 0 Å². The molecule has 0 radical (unpaired) electrons. The molecule has 0 aliphatic heterocycles. The van der Waals surface area contributed by atoms with Crippen LogP contribution in [0.4, 0.5) is 0 Å². The Hall–Kier alpha value is -1.55. The molecule has 1 saturated carbocycles. The number of ether oxygens (including phenoxy) is 1. The van der Waals surface area contributed by atoms with E-state index in [2.05, 4.69) is 12.2 Å². The van der Waals surface area contributed by atoms with Crippen LogP contribution < -0.4 is 15.0 Å². The lowest BCUT2D eigenvalue weighted by Gasteiger charge is -2.29. The summed E-state index contributed by atoms with van der Waals surface area (Å²) in [6, 6.07) is 10.2. The van der Waals surface area contributed by atoms with Gasteiger partial charge in [0.15, 0.2) is 6.54 Å². The van der Waals surface area contributed by atoms with E-state index in [1.54, 1.807) is 0 Å². The van der Waals surface area contributed by atoms with E-state index in [1.165, 1.54) is 24.2 Å². The lowest BCUT2D eigenvalue weighted by atomic mass is 9.86. The standard InChI is InChI=1S/C18H28N2O2/c1-15-8-6-7-11-17(15)19-18(21)14-20(2)12-13-22-16-9-4-3-5-10-16/h3-5,9-10,15,17H,6-8,11-14H2,1-2H3,(H,19,21)/p+1/t15-,17-/m0/s1. The van der Waals surface area contributed by atoms with Gasteiger partial charge in [-0.05, 0) is 30.9 Å². The van der Waals surface area contributed by atoms with Gasteiger partial charge < -0.3 is 15.0 Å². The highest BCUT2D eigenvalue weighted by atomic mass is 16.5. The summed E-state index contributed by atoms with van der Waals surface area (Å²) in [4.78, 5) is 13.3. The summed E-state index contributed by atoms with van der Waals surface area (Å²) in [5.74, 6) is 1.66. The number of hydrogen-bond acceptors (Lipinski definition) is 2. The molecule has 1 amide bonds. The van der Waals surface area contributed by atoms with Crippen LogP contribution in [0.25, 0.3) is 0 Å². The zero-order valence-corrected chi connectivity index (χ0v) is 13.8. The van der Waals surface area contributed by atoms with E-state index in [0.29, 0.717) is 25.1 Å². The predicted octanol–water partition coefficient (Wildman–Crippen LogP) is 1.28. The fourth-order valence-corrected chi connectivity index (χ4v) is 3.01. The average molecular weight is 305 g/mol. The van der Waals surface area contributed by atoms with Gasteiger partial charge in [0, 0.05) is 6.04 Å². The molecule has 22 heavy (non-hydrogen) atoms. The summed E-state index contributed by atoms with van der Waals surface area (Å²) in [5, 5.41) is 3.21. The smallest absolute Gasteiger partial charge is 0.275 e. The molecule has 3 atom stereocenters. The summed E-state index contributed by atoms with van der Waals surface area (Å²) in [7, 11) is 2.04. The number of nitrogens with one attached hydrogen (secondary N) is 2. The van der Waals surface area contributed by atoms with Crippen LogP contribution in [-0.2, 0) is 4.79 Å². The molecule has 1 unspecified atom stereocenters. The Labute approximate surface area is 133 Å². The van der Waals surface area contributed by atoms with Crippen LogP contribution in [0.3, 0.4) is 0 Å². The molecule has 122 valence electrons. The van der Waals surface area contributed by atoms with Gasteiger partial charge in [0.05, 0.1) is 7.05 Å². The monoisotopic (exact) mass is 305 g/mol. The van der Waals surface area contributed by atoms with Gasteiger partial charge in [-0.3, -0.25) is 4.79 Å². The molecule has 0 heterocycles. The molecular weight excluding hydrogens is 276 g/mol. The molecule has 0 aromatic heterocycles. The third kappa shape index (κ3) is 5.68. The summed E-state index contributed by atoms with van der Waals surface area (Å²) in [5.41, 5.74) is 0. The molecular formula is C18H29N2O2+. The lowest BCUT2D eigenvalue weighted by molar-refractivity contribution is -0.871. The second-order valence-corrected chi connectivity index (χ2v) is 6.48. The predicted molar refractivity (Wildman–Crippen MR) is 88.1 cm³/mol. The second kappa shape index (κ2) is 8.79. The average Bonchev–Trinajstić information content (AvgIpc) is 2.50. The molecule has 1 aliphatic carbocycles. The minimum Gasteiger partial charge on any atom is -0.488 e. The Kier molecular flexibility index (Phi) is 6.72. The summed E-state index contributed by atoms with van der Waals surface area (Å²) < 4.78 is 5.67. The van der Waals surface area contributed by atoms with Gasteiger partial charge in [0.2, 0.25) is 0 Å². The van der Waals surface area contributed by atoms with Gasteiger partial charge in [0.25, 0.3) is 5.91 Å². The van der Waals surface area contributed by atoms with Gasteiger partial charge in [-0.15, -0.1) is 0 Å². The van der Waals surface area contributed by atoms with Crippen molar-refractivity contribution in [3.05, 3.63) is 30.3 Å². The quantitative estimate of drug-likeness (QED) is 0.797. The number of carbonyl (C=O) groups excluding carboxylic acids is 1.